The first-order chi connectivity index (χ1) is 10.3. The van der Waals surface area contributed by atoms with Gasteiger partial charge in [-0.3, -0.25) is 4.99 Å². The van der Waals surface area contributed by atoms with Gasteiger partial charge in [-0.2, -0.15) is 0 Å². The lowest BCUT2D eigenvalue weighted by Gasteiger charge is -2.11. The molecule has 0 unspecified atom stereocenters. The summed E-state index contributed by atoms with van der Waals surface area (Å²) in [4.78, 5) is 7.55. The van der Waals surface area contributed by atoms with E-state index in [0.29, 0.717) is 6.04 Å². The molecule has 1 saturated carbocycles. The monoisotopic (exact) mass is 286 g/mol. The van der Waals surface area contributed by atoms with Gasteiger partial charge in [0.15, 0.2) is 5.96 Å². The molecule has 1 aromatic heterocycles. The predicted octanol–water partition coefficient (Wildman–Crippen LogP) is 2.05. The molecule has 0 saturated heterocycles. The first-order valence-corrected chi connectivity index (χ1v) is 7.42. The average Bonchev–Trinajstić information content (AvgIpc) is 3.24. The van der Waals surface area contributed by atoms with Crippen molar-refractivity contribution in [3.05, 3.63) is 30.0 Å². The fourth-order valence-electron chi connectivity index (χ4n) is 2.52. The van der Waals surface area contributed by atoms with Gasteiger partial charge in [0.2, 0.25) is 0 Å². The van der Waals surface area contributed by atoms with Crippen LogP contribution < -0.4 is 15.4 Å². The molecule has 3 rings (SSSR count). The van der Waals surface area contributed by atoms with E-state index >= 15 is 0 Å². The van der Waals surface area contributed by atoms with E-state index in [9.17, 15) is 0 Å². The van der Waals surface area contributed by atoms with Crippen molar-refractivity contribution >= 4 is 16.9 Å². The number of H-pyrrole nitrogens is 1. The molecular formula is C16H22N4O. The lowest BCUT2D eigenvalue weighted by molar-refractivity contribution is 0.419. The van der Waals surface area contributed by atoms with E-state index in [1.165, 1.54) is 23.8 Å². The Hall–Kier alpha value is -2.17. The Labute approximate surface area is 124 Å². The fourth-order valence-corrected chi connectivity index (χ4v) is 2.52. The standard InChI is InChI=1S/C16H22N4O/c1-17-16(20-12-6-7-12)18-9-8-11-10-19-13-4-3-5-14(21-2)15(11)13/h3-5,10,12,19H,6-9H2,1-2H3,(H2,17,18,20). The summed E-state index contributed by atoms with van der Waals surface area (Å²) in [6.07, 6.45) is 5.48. The maximum Gasteiger partial charge on any atom is 0.191 e. The van der Waals surface area contributed by atoms with E-state index in [4.69, 9.17) is 4.74 Å². The lowest BCUT2D eigenvalue weighted by Crippen LogP contribution is -2.39. The van der Waals surface area contributed by atoms with E-state index in [1.807, 2.05) is 19.2 Å². The van der Waals surface area contributed by atoms with Crippen molar-refractivity contribution in [1.82, 2.24) is 15.6 Å². The third kappa shape index (κ3) is 3.12. The van der Waals surface area contributed by atoms with E-state index in [0.717, 1.165) is 30.2 Å². The number of fused-ring (bicyclic) bond motifs is 1. The van der Waals surface area contributed by atoms with E-state index in [2.05, 4.69) is 32.9 Å². The Kier molecular flexibility index (Phi) is 3.99. The summed E-state index contributed by atoms with van der Waals surface area (Å²) in [7, 11) is 3.53. The van der Waals surface area contributed by atoms with Crippen molar-refractivity contribution in [3.8, 4) is 5.75 Å². The third-order valence-corrected chi connectivity index (χ3v) is 3.80. The molecule has 0 spiro atoms. The van der Waals surface area contributed by atoms with Crippen LogP contribution in [-0.2, 0) is 6.42 Å². The third-order valence-electron chi connectivity index (χ3n) is 3.80. The van der Waals surface area contributed by atoms with Gasteiger partial charge in [0.25, 0.3) is 0 Å². The average molecular weight is 286 g/mol. The first kappa shape index (κ1) is 13.8. The van der Waals surface area contributed by atoms with Crippen molar-refractivity contribution < 1.29 is 4.74 Å². The molecule has 1 aromatic carbocycles. The van der Waals surface area contributed by atoms with Gasteiger partial charge in [-0.05, 0) is 37.0 Å². The highest BCUT2D eigenvalue weighted by Gasteiger charge is 2.22. The minimum atomic E-state index is 0.615. The molecule has 112 valence electrons. The van der Waals surface area contributed by atoms with Gasteiger partial charge < -0.3 is 20.4 Å². The Bertz CT molecular complexity index is 643. The number of aromatic nitrogens is 1. The number of hydrogen-bond acceptors (Lipinski definition) is 2. The maximum atomic E-state index is 5.46. The van der Waals surface area contributed by atoms with Gasteiger partial charge in [0.1, 0.15) is 5.75 Å². The molecule has 1 heterocycles. The van der Waals surface area contributed by atoms with Gasteiger partial charge in [0.05, 0.1) is 7.11 Å². The van der Waals surface area contributed by atoms with Crippen LogP contribution in [0.15, 0.2) is 29.4 Å². The van der Waals surface area contributed by atoms with Crippen LogP contribution >= 0.6 is 0 Å². The van der Waals surface area contributed by atoms with Crippen LogP contribution in [-0.4, -0.2) is 37.7 Å². The Morgan fingerprint density at radius 2 is 2.29 bits per heavy atom. The number of methoxy groups -OCH3 is 1. The second-order valence-electron chi connectivity index (χ2n) is 5.36. The highest BCUT2D eigenvalue weighted by Crippen LogP contribution is 2.28. The van der Waals surface area contributed by atoms with Crippen molar-refractivity contribution in [2.75, 3.05) is 20.7 Å². The van der Waals surface area contributed by atoms with Crippen LogP contribution in [0, 0.1) is 0 Å². The minimum Gasteiger partial charge on any atom is -0.496 e. The summed E-state index contributed by atoms with van der Waals surface area (Å²) >= 11 is 0. The molecule has 0 bridgehead atoms. The van der Waals surface area contributed by atoms with Crippen molar-refractivity contribution in [2.45, 2.75) is 25.3 Å². The Balaban J connectivity index is 1.65. The van der Waals surface area contributed by atoms with Crippen LogP contribution in [0.2, 0.25) is 0 Å². The Morgan fingerprint density at radius 3 is 3.00 bits per heavy atom. The largest absolute Gasteiger partial charge is 0.496 e. The quantitative estimate of drug-likeness (QED) is 0.582. The van der Waals surface area contributed by atoms with Crippen LogP contribution in [0.3, 0.4) is 0 Å². The summed E-state index contributed by atoms with van der Waals surface area (Å²) in [5.41, 5.74) is 2.38. The SMILES string of the molecule is CN=C(NCCc1c[nH]c2cccc(OC)c12)NC1CC1. The molecule has 3 N–H and O–H groups in total. The van der Waals surface area contributed by atoms with Crippen molar-refractivity contribution in [3.63, 3.8) is 0 Å². The van der Waals surface area contributed by atoms with E-state index < -0.39 is 0 Å². The lowest BCUT2D eigenvalue weighted by atomic mass is 10.1. The van der Waals surface area contributed by atoms with Crippen molar-refractivity contribution in [2.24, 2.45) is 4.99 Å². The number of nitrogens with zero attached hydrogens (tertiary/aromatic N) is 1. The van der Waals surface area contributed by atoms with Gasteiger partial charge in [0, 0.05) is 36.7 Å². The number of aromatic amines is 1. The predicted molar refractivity (Wildman–Crippen MR) is 86.1 cm³/mol. The van der Waals surface area contributed by atoms with E-state index in [1.54, 1.807) is 7.11 Å². The zero-order valence-electron chi connectivity index (χ0n) is 12.6. The van der Waals surface area contributed by atoms with Gasteiger partial charge in [-0.1, -0.05) is 6.07 Å². The summed E-state index contributed by atoms with van der Waals surface area (Å²) < 4.78 is 5.46. The molecule has 1 aliphatic rings. The molecular weight excluding hydrogens is 264 g/mol. The number of aliphatic imine (C=N–C) groups is 1. The number of nitrogens with one attached hydrogen (secondary N) is 3. The normalized spacial score (nSPS) is 15.2. The summed E-state index contributed by atoms with van der Waals surface area (Å²) in [5.74, 6) is 1.81. The molecule has 0 amide bonds. The van der Waals surface area contributed by atoms with Crippen LogP contribution in [0.1, 0.15) is 18.4 Å². The first-order valence-electron chi connectivity index (χ1n) is 7.42. The number of guanidine groups is 1. The maximum absolute atomic E-state index is 5.46. The second kappa shape index (κ2) is 6.08. The van der Waals surface area contributed by atoms with Crippen LogP contribution in [0.25, 0.3) is 10.9 Å². The molecule has 1 aliphatic carbocycles. The van der Waals surface area contributed by atoms with Gasteiger partial charge in [-0.25, -0.2) is 0 Å². The van der Waals surface area contributed by atoms with Gasteiger partial charge >= 0.3 is 0 Å². The second-order valence-corrected chi connectivity index (χ2v) is 5.36. The van der Waals surface area contributed by atoms with E-state index in [-0.39, 0.29) is 0 Å². The topological polar surface area (TPSA) is 61.4 Å². The van der Waals surface area contributed by atoms with Crippen molar-refractivity contribution in [1.29, 1.82) is 0 Å². The highest BCUT2D eigenvalue weighted by atomic mass is 16.5. The number of benzene rings is 1. The molecule has 21 heavy (non-hydrogen) atoms. The Morgan fingerprint density at radius 1 is 1.43 bits per heavy atom. The van der Waals surface area contributed by atoms with Crippen LogP contribution in [0.5, 0.6) is 5.75 Å². The smallest absolute Gasteiger partial charge is 0.191 e. The van der Waals surface area contributed by atoms with Gasteiger partial charge in [-0.15, -0.1) is 0 Å². The minimum absolute atomic E-state index is 0.615. The molecule has 0 radical (unpaired) electrons. The molecule has 2 aromatic rings. The molecule has 1 fully saturated rings. The summed E-state index contributed by atoms with van der Waals surface area (Å²) in [6, 6.07) is 6.69. The summed E-state index contributed by atoms with van der Waals surface area (Å²) in [5, 5.41) is 7.93. The molecule has 5 heteroatoms. The highest BCUT2D eigenvalue weighted by molar-refractivity contribution is 5.89. The number of rotatable bonds is 5. The number of hydrogen-bond donors (Lipinski definition) is 3. The zero-order chi connectivity index (χ0) is 14.7. The van der Waals surface area contributed by atoms with Crippen LogP contribution in [0.4, 0.5) is 0 Å². The number of ether oxygens (including phenoxy) is 1. The molecule has 0 aliphatic heterocycles. The zero-order valence-corrected chi connectivity index (χ0v) is 12.6. The fraction of sp³-hybridized carbons (Fsp3) is 0.438. The molecule has 0 atom stereocenters. The summed E-state index contributed by atoms with van der Waals surface area (Å²) in [6.45, 7) is 0.845. The molecule has 5 nitrogen and oxygen atoms in total.